The number of aryl methyl sites for hydroxylation is 2. The Morgan fingerprint density at radius 3 is 3.00 bits per heavy atom. The topological polar surface area (TPSA) is 77.3 Å². The van der Waals surface area contributed by atoms with Crippen molar-refractivity contribution in [3.8, 4) is 0 Å². The van der Waals surface area contributed by atoms with Crippen LogP contribution in [-0.4, -0.2) is 44.8 Å². The van der Waals surface area contributed by atoms with Gasteiger partial charge in [-0.25, -0.2) is 4.68 Å². The van der Waals surface area contributed by atoms with Gasteiger partial charge in [0.1, 0.15) is 6.54 Å². The van der Waals surface area contributed by atoms with Crippen LogP contribution in [0.4, 0.5) is 0 Å². The van der Waals surface area contributed by atoms with Gasteiger partial charge >= 0.3 is 0 Å². The van der Waals surface area contributed by atoms with Gasteiger partial charge in [0.2, 0.25) is 5.91 Å². The number of amides is 1. The summed E-state index contributed by atoms with van der Waals surface area (Å²) in [5.41, 5.74) is 2.36. The molecule has 1 atom stereocenters. The lowest BCUT2D eigenvalue weighted by molar-refractivity contribution is -0.136. The summed E-state index contributed by atoms with van der Waals surface area (Å²) in [6.45, 7) is 5.35. The van der Waals surface area contributed by atoms with Crippen LogP contribution < -0.4 is 5.56 Å². The molecular weight excluding hydrogens is 332 g/mol. The summed E-state index contributed by atoms with van der Waals surface area (Å²) >= 11 is 0. The lowest BCUT2D eigenvalue weighted by Crippen LogP contribution is -2.45. The van der Waals surface area contributed by atoms with Gasteiger partial charge in [0.05, 0.1) is 18.4 Å². The van der Waals surface area contributed by atoms with Crippen molar-refractivity contribution in [1.29, 1.82) is 0 Å². The first kappa shape index (κ1) is 18.3. The van der Waals surface area contributed by atoms with E-state index >= 15 is 0 Å². The van der Waals surface area contributed by atoms with E-state index in [1.54, 1.807) is 17.3 Å². The van der Waals surface area contributed by atoms with Gasteiger partial charge in [0.15, 0.2) is 0 Å². The van der Waals surface area contributed by atoms with Crippen molar-refractivity contribution in [3.63, 3.8) is 0 Å². The van der Waals surface area contributed by atoms with Crippen molar-refractivity contribution in [1.82, 2.24) is 19.7 Å². The second kappa shape index (κ2) is 8.23. The number of nitrogens with zero attached hydrogens (tertiary/aromatic N) is 4. The van der Waals surface area contributed by atoms with E-state index in [2.05, 4.69) is 10.1 Å². The van der Waals surface area contributed by atoms with Crippen molar-refractivity contribution in [2.45, 2.75) is 45.9 Å². The summed E-state index contributed by atoms with van der Waals surface area (Å²) in [7, 11) is 0. The van der Waals surface area contributed by atoms with Crippen LogP contribution in [-0.2, 0) is 22.7 Å². The van der Waals surface area contributed by atoms with Crippen LogP contribution in [0.2, 0.25) is 0 Å². The van der Waals surface area contributed by atoms with E-state index in [0.717, 1.165) is 29.7 Å². The summed E-state index contributed by atoms with van der Waals surface area (Å²) in [4.78, 5) is 30.5. The third kappa shape index (κ3) is 4.54. The molecule has 7 nitrogen and oxygen atoms in total. The third-order valence-corrected chi connectivity index (χ3v) is 4.66. The molecule has 0 radical (unpaired) electrons. The lowest BCUT2D eigenvalue weighted by Gasteiger charge is -2.32. The first-order valence-electron chi connectivity index (χ1n) is 8.86. The Labute approximate surface area is 152 Å². The molecule has 1 aliphatic rings. The molecule has 2 aromatic heterocycles. The summed E-state index contributed by atoms with van der Waals surface area (Å²) in [6, 6.07) is 5.37. The summed E-state index contributed by atoms with van der Waals surface area (Å²) in [5.74, 6) is -0.0995. The maximum absolute atomic E-state index is 12.6. The smallest absolute Gasteiger partial charge is 0.267 e. The normalized spacial score (nSPS) is 17.3. The van der Waals surface area contributed by atoms with E-state index in [1.807, 2.05) is 26.0 Å². The Kier molecular flexibility index (Phi) is 5.78. The van der Waals surface area contributed by atoms with E-state index in [1.165, 1.54) is 10.7 Å². The molecule has 1 amide bonds. The number of piperidine rings is 1. The Morgan fingerprint density at radius 1 is 1.38 bits per heavy atom. The Bertz CT molecular complexity index is 819. The van der Waals surface area contributed by atoms with Gasteiger partial charge in [-0.3, -0.25) is 14.6 Å². The molecular formula is C19H24N4O3. The first-order chi connectivity index (χ1) is 12.5. The van der Waals surface area contributed by atoms with Crippen LogP contribution in [0.3, 0.4) is 0 Å². The molecule has 7 heteroatoms. The molecule has 0 saturated carbocycles. The Balaban J connectivity index is 1.58. The van der Waals surface area contributed by atoms with Crippen LogP contribution in [0.1, 0.15) is 29.7 Å². The van der Waals surface area contributed by atoms with Gasteiger partial charge in [-0.2, -0.15) is 5.10 Å². The van der Waals surface area contributed by atoms with Crippen LogP contribution in [0.5, 0.6) is 0 Å². The van der Waals surface area contributed by atoms with E-state index in [-0.39, 0.29) is 24.1 Å². The number of ether oxygens (including phenoxy) is 1. The highest BCUT2D eigenvalue weighted by molar-refractivity contribution is 5.76. The second-order valence-electron chi connectivity index (χ2n) is 6.68. The van der Waals surface area contributed by atoms with Gasteiger partial charge in [-0.1, -0.05) is 6.07 Å². The molecule has 1 saturated heterocycles. The summed E-state index contributed by atoms with van der Waals surface area (Å²) in [6.07, 6.45) is 5.32. The molecule has 3 rings (SSSR count). The largest absolute Gasteiger partial charge is 0.372 e. The highest BCUT2D eigenvalue weighted by Gasteiger charge is 2.24. The van der Waals surface area contributed by atoms with E-state index in [4.69, 9.17) is 4.74 Å². The van der Waals surface area contributed by atoms with E-state index in [0.29, 0.717) is 19.7 Å². The van der Waals surface area contributed by atoms with Gasteiger partial charge < -0.3 is 9.64 Å². The predicted molar refractivity (Wildman–Crippen MR) is 96.6 cm³/mol. The number of hydrogen-bond acceptors (Lipinski definition) is 5. The molecule has 1 aliphatic heterocycles. The van der Waals surface area contributed by atoms with Gasteiger partial charge in [0.25, 0.3) is 5.56 Å². The lowest BCUT2D eigenvalue weighted by atomic mass is 10.1. The van der Waals surface area contributed by atoms with Crippen LogP contribution >= 0.6 is 0 Å². The molecule has 0 unspecified atom stereocenters. The van der Waals surface area contributed by atoms with Gasteiger partial charge in [0, 0.05) is 31.5 Å². The molecule has 0 N–H and O–H groups in total. The summed E-state index contributed by atoms with van der Waals surface area (Å²) in [5, 5.41) is 4.22. The van der Waals surface area contributed by atoms with Crippen molar-refractivity contribution >= 4 is 5.91 Å². The molecule has 2 aromatic rings. The fourth-order valence-electron chi connectivity index (χ4n) is 3.01. The van der Waals surface area contributed by atoms with Crippen LogP contribution in [0.25, 0.3) is 0 Å². The first-order valence-corrected chi connectivity index (χ1v) is 8.86. The number of hydrogen-bond donors (Lipinski definition) is 0. The minimum absolute atomic E-state index is 0.00246. The predicted octanol–water partition coefficient (Wildman–Crippen LogP) is 1.46. The second-order valence-corrected chi connectivity index (χ2v) is 6.68. The quantitative estimate of drug-likeness (QED) is 0.811. The highest BCUT2D eigenvalue weighted by Crippen LogP contribution is 2.15. The average molecular weight is 356 g/mol. The monoisotopic (exact) mass is 356 g/mol. The number of aromatic nitrogens is 3. The van der Waals surface area contributed by atoms with Crippen LogP contribution in [0.15, 0.2) is 35.4 Å². The molecule has 26 heavy (non-hydrogen) atoms. The third-order valence-electron chi connectivity index (χ3n) is 4.66. The Morgan fingerprint density at radius 2 is 2.23 bits per heavy atom. The number of carbonyl (C=O) groups excluding carboxylic acids is 1. The van der Waals surface area contributed by atoms with Crippen molar-refractivity contribution in [2.24, 2.45) is 0 Å². The standard InChI is InChI=1S/C19H24N4O3/c1-14-9-18(24)23(21-15(14)2)12-19(25)22-8-4-6-17(11-22)26-13-16-5-3-7-20-10-16/h3,5,7,9-10,17H,4,6,8,11-13H2,1-2H3/t17-/m1/s1. The average Bonchev–Trinajstić information content (AvgIpc) is 2.65. The number of pyridine rings is 1. The zero-order chi connectivity index (χ0) is 18.5. The molecule has 0 bridgehead atoms. The van der Waals surface area contributed by atoms with Gasteiger partial charge in [-0.05, 0) is 43.9 Å². The number of carbonyl (C=O) groups is 1. The maximum atomic E-state index is 12.6. The van der Waals surface area contributed by atoms with E-state index < -0.39 is 0 Å². The van der Waals surface area contributed by atoms with Crippen molar-refractivity contribution in [3.05, 3.63) is 57.8 Å². The minimum atomic E-state index is -0.247. The van der Waals surface area contributed by atoms with E-state index in [9.17, 15) is 9.59 Å². The number of rotatable bonds is 5. The summed E-state index contributed by atoms with van der Waals surface area (Å²) < 4.78 is 7.18. The maximum Gasteiger partial charge on any atom is 0.267 e. The molecule has 0 aromatic carbocycles. The molecule has 3 heterocycles. The fourth-order valence-corrected chi connectivity index (χ4v) is 3.01. The Hall–Kier alpha value is -2.54. The minimum Gasteiger partial charge on any atom is -0.372 e. The highest BCUT2D eigenvalue weighted by atomic mass is 16.5. The SMILES string of the molecule is Cc1cc(=O)n(CC(=O)N2CCC[C@@H](OCc3cccnc3)C2)nc1C. The van der Waals surface area contributed by atoms with Crippen molar-refractivity contribution in [2.75, 3.05) is 13.1 Å². The van der Waals surface area contributed by atoms with Crippen molar-refractivity contribution < 1.29 is 9.53 Å². The van der Waals surface area contributed by atoms with Crippen LogP contribution in [0, 0.1) is 13.8 Å². The molecule has 0 spiro atoms. The molecule has 0 aliphatic carbocycles. The number of likely N-dealkylation sites (tertiary alicyclic amines) is 1. The zero-order valence-electron chi connectivity index (χ0n) is 15.2. The molecule has 138 valence electrons. The van der Waals surface area contributed by atoms with Gasteiger partial charge in [-0.15, -0.1) is 0 Å². The molecule has 1 fully saturated rings. The fraction of sp³-hybridized carbons (Fsp3) is 0.474. The zero-order valence-corrected chi connectivity index (χ0v) is 15.2.